The third-order valence-corrected chi connectivity index (χ3v) is 5.46. The van der Waals surface area contributed by atoms with Crippen LogP contribution in [0.4, 0.5) is 14.5 Å². The molecule has 0 radical (unpaired) electrons. The minimum atomic E-state index is -2.77. The van der Waals surface area contributed by atoms with Crippen LogP contribution in [0.2, 0.25) is 0 Å². The van der Waals surface area contributed by atoms with Crippen molar-refractivity contribution in [1.82, 2.24) is 14.9 Å². The molecule has 0 aliphatic carbocycles. The summed E-state index contributed by atoms with van der Waals surface area (Å²) in [6.07, 6.45) is 9.61. The van der Waals surface area contributed by atoms with Crippen LogP contribution in [-0.2, 0) is 12.3 Å². The SMILES string of the molecule is CC(F)(F)c1ccc(NCCCN2CCC(CCc3cnc[nH]3)CC2)cc1. The average Bonchev–Trinajstić information content (AvgIpc) is 3.18. The molecular weight excluding hydrogens is 346 g/mol. The predicted octanol–water partition coefficient (Wildman–Crippen LogP) is 4.67. The van der Waals surface area contributed by atoms with Crippen LogP contribution >= 0.6 is 0 Å². The number of nitrogens with zero attached hydrogens (tertiary/aromatic N) is 2. The summed E-state index contributed by atoms with van der Waals surface area (Å²) in [5.41, 5.74) is 2.20. The lowest BCUT2D eigenvalue weighted by molar-refractivity contribution is 0.0175. The highest BCUT2D eigenvalue weighted by Gasteiger charge is 2.23. The van der Waals surface area contributed by atoms with Crippen molar-refractivity contribution in [2.75, 3.05) is 31.5 Å². The normalized spacial score (nSPS) is 16.6. The van der Waals surface area contributed by atoms with Gasteiger partial charge in [-0.2, -0.15) is 0 Å². The van der Waals surface area contributed by atoms with Gasteiger partial charge in [0, 0.05) is 36.6 Å². The van der Waals surface area contributed by atoms with E-state index < -0.39 is 5.92 Å². The Hall–Kier alpha value is -1.95. The molecule has 4 nitrogen and oxygen atoms in total. The number of likely N-dealkylation sites (tertiary alicyclic amines) is 1. The number of anilines is 1. The molecule has 0 amide bonds. The van der Waals surface area contributed by atoms with E-state index >= 15 is 0 Å². The Kier molecular flexibility index (Phi) is 6.83. The maximum absolute atomic E-state index is 13.2. The monoisotopic (exact) mass is 376 g/mol. The Morgan fingerprint density at radius 2 is 1.96 bits per heavy atom. The van der Waals surface area contributed by atoms with Crippen molar-refractivity contribution in [3.8, 4) is 0 Å². The molecule has 2 heterocycles. The van der Waals surface area contributed by atoms with E-state index in [4.69, 9.17) is 0 Å². The third kappa shape index (κ3) is 6.31. The predicted molar refractivity (Wildman–Crippen MR) is 105 cm³/mol. The van der Waals surface area contributed by atoms with Crippen molar-refractivity contribution in [3.05, 3.63) is 48.0 Å². The van der Waals surface area contributed by atoms with Gasteiger partial charge in [0.1, 0.15) is 0 Å². The highest BCUT2D eigenvalue weighted by molar-refractivity contribution is 5.45. The number of alkyl halides is 2. The lowest BCUT2D eigenvalue weighted by atomic mass is 9.91. The van der Waals surface area contributed by atoms with E-state index in [-0.39, 0.29) is 5.56 Å². The second kappa shape index (κ2) is 9.31. The van der Waals surface area contributed by atoms with E-state index in [1.807, 2.05) is 6.20 Å². The summed E-state index contributed by atoms with van der Waals surface area (Å²) in [4.78, 5) is 9.79. The maximum Gasteiger partial charge on any atom is 0.270 e. The standard InChI is InChI=1S/C21H30F2N4/c1-21(22,23)18-4-7-19(8-5-18)25-11-2-12-27-13-9-17(10-14-27)3-6-20-15-24-16-26-20/h4-5,7-8,15-17,25H,2-3,6,9-14H2,1H3,(H,24,26). The number of aromatic amines is 1. The number of aromatic nitrogens is 2. The zero-order valence-corrected chi connectivity index (χ0v) is 16.1. The van der Waals surface area contributed by atoms with Crippen LogP contribution in [0.25, 0.3) is 0 Å². The first-order valence-electron chi connectivity index (χ1n) is 9.92. The van der Waals surface area contributed by atoms with Crippen molar-refractivity contribution < 1.29 is 8.78 Å². The smallest absolute Gasteiger partial charge is 0.270 e. The van der Waals surface area contributed by atoms with E-state index in [0.29, 0.717) is 0 Å². The summed E-state index contributed by atoms with van der Waals surface area (Å²) >= 11 is 0. The number of imidazole rings is 1. The topological polar surface area (TPSA) is 44.0 Å². The molecule has 0 unspecified atom stereocenters. The van der Waals surface area contributed by atoms with Crippen LogP contribution in [0.1, 0.15) is 43.9 Å². The molecule has 27 heavy (non-hydrogen) atoms. The first kappa shape index (κ1) is 19.8. The van der Waals surface area contributed by atoms with Gasteiger partial charge in [-0.25, -0.2) is 13.8 Å². The minimum absolute atomic E-state index is 0.0587. The largest absolute Gasteiger partial charge is 0.385 e. The van der Waals surface area contributed by atoms with Gasteiger partial charge in [0.2, 0.25) is 0 Å². The van der Waals surface area contributed by atoms with Gasteiger partial charge >= 0.3 is 0 Å². The molecule has 1 fully saturated rings. The van der Waals surface area contributed by atoms with Gasteiger partial charge in [-0.3, -0.25) is 0 Å². The Morgan fingerprint density at radius 1 is 1.22 bits per heavy atom. The van der Waals surface area contributed by atoms with E-state index in [9.17, 15) is 8.78 Å². The first-order chi connectivity index (χ1) is 13.0. The Morgan fingerprint density at radius 3 is 2.59 bits per heavy atom. The van der Waals surface area contributed by atoms with Gasteiger partial charge in [0.25, 0.3) is 5.92 Å². The van der Waals surface area contributed by atoms with Crippen LogP contribution in [0, 0.1) is 5.92 Å². The van der Waals surface area contributed by atoms with Crippen LogP contribution < -0.4 is 5.32 Å². The molecule has 2 aromatic rings. The summed E-state index contributed by atoms with van der Waals surface area (Å²) in [6, 6.07) is 6.46. The van der Waals surface area contributed by atoms with Crippen molar-refractivity contribution in [3.63, 3.8) is 0 Å². The molecule has 1 aromatic carbocycles. The molecule has 148 valence electrons. The summed E-state index contributed by atoms with van der Waals surface area (Å²) in [7, 11) is 0. The fourth-order valence-corrected chi connectivity index (χ4v) is 3.70. The minimum Gasteiger partial charge on any atom is -0.385 e. The molecule has 0 saturated carbocycles. The number of H-pyrrole nitrogens is 1. The van der Waals surface area contributed by atoms with Crippen molar-refractivity contribution in [2.45, 2.75) is 45.0 Å². The number of halogens is 2. The van der Waals surface area contributed by atoms with E-state index in [1.165, 1.54) is 50.2 Å². The van der Waals surface area contributed by atoms with Gasteiger partial charge in [-0.15, -0.1) is 0 Å². The van der Waals surface area contributed by atoms with E-state index in [1.54, 1.807) is 18.5 Å². The van der Waals surface area contributed by atoms with Gasteiger partial charge in [-0.1, -0.05) is 12.1 Å². The molecular formula is C21H30F2N4. The van der Waals surface area contributed by atoms with Gasteiger partial charge in [0.05, 0.1) is 6.33 Å². The molecule has 1 aliphatic heterocycles. The fourth-order valence-electron chi connectivity index (χ4n) is 3.70. The Labute approximate surface area is 160 Å². The second-order valence-corrected chi connectivity index (χ2v) is 7.65. The van der Waals surface area contributed by atoms with Crippen LogP contribution in [0.3, 0.4) is 0 Å². The summed E-state index contributed by atoms with van der Waals surface area (Å²) in [6.45, 7) is 5.23. The zero-order valence-electron chi connectivity index (χ0n) is 16.1. The molecule has 0 atom stereocenters. The number of rotatable bonds is 9. The average molecular weight is 376 g/mol. The number of hydrogen-bond donors (Lipinski definition) is 2. The summed E-state index contributed by atoms with van der Waals surface area (Å²) in [5, 5.41) is 3.33. The number of hydrogen-bond acceptors (Lipinski definition) is 3. The molecule has 1 saturated heterocycles. The Bertz CT molecular complexity index is 656. The van der Waals surface area contributed by atoms with E-state index in [0.717, 1.165) is 44.5 Å². The van der Waals surface area contributed by atoms with Crippen LogP contribution in [-0.4, -0.2) is 41.0 Å². The highest BCUT2D eigenvalue weighted by Crippen LogP contribution is 2.27. The third-order valence-electron chi connectivity index (χ3n) is 5.46. The van der Waals surface area contributed by atoms with Crippen LogP contribution in [0.15, 0.2) is 36.8 Å². The zero-order chi connectivity index (χ0) is 19.1. The number of nitrogens with one attached hydrogen (secondary N) is 2. The number of benzene rings is 1. The fraction of sp³-hybridized carbons (Fsp3) is 0.571. The molecule has 0 bridgehead atoms. The molecule has 0 spiro atoms. The van der Waals surface area contributed by atoms with Crippen LogP contribution in [0.5, 0.6) is 0 Å². The van der Waals surface area contributed by atoms with Crippen molar-refractivity contribution >= 4 is 5.69 Å². The van der Waals surface area contributed by atoms with Crippen molar-refractivity contribution in [1.29, 1.82) is 0 Å². The molecule has 1 aromatic heterocycles. The Balaban J connectivity index is 1.28. The second-order valence-electron chi connectivity index (χ2n) is 7.65. The summed E-state index contributed by atoms with van der Waals surface area (Å²) in [5.74, 6) is -1.96. The number of aryl methyl sites for hydroxylation is 1. The lowest BCUT2D eigenvalue weighted by Gasteiger charge is -2.32. The van der Waals surface area contributed by atoms with Crippen molar-refractivity contribution in [2.24, 2.45) is 5.92 Å². The highest BCUT2D eigenvalue weighted by atomic mass is 19.3. The summed E-state index contributed by atoms with van der Waals surface area (Å²) < 4.78 is 26.4. The van der Waals surface area contributed by atoms with Gasteiger partial charge in [-0.05, 0) is 69.8 Å². The number of piperidine rings is 1. The van der Waals surface area contributed by atoms with Gasteiger partial charge in [0.15, 0.2) is 0 Å². The maximum atomic E-state index is 13.2. The molecule has 3 rings (SSSR count). The van der Waals surface area contributed by atoms with Gasteiger partial charge < -0.3 is 15.2 Å². The molecule has 2 N–H and O–H groups in total. The molecule has 6 heteroatoms. The first-order valence-corrected chi connectivity index (χ1v) is 9.92. The molecule has 1 aliphatic rings. The lowest BCUT2D eigenvalue weighted by Crippen LogP contribution is -2.35. The quantitative estimate of drug-likeness (QED) is 0.625. The van der Waals surface area contributed by atoms with E-state index in [2.05, 4.69) is 20.2 Å².